The van der Waals surface area contributed by atoms with Crippen LogP contribution in [0.4, 0.5) is 0 Å². The fraction of sp³-hybridized carbons (Fsp3) is 0.500. The van der Waals surface area contributed by atoms with Gasteiger partial charge < -0.3 is 14.2 Å². The van der Waals surface area contributed by atoms with Crippen LogP contribution in [0.3, 0.4) is 0 Å². The van der Waals surface area contributed by atoms with Crippen LogP contribution in [0.15, 0.2) is 30.3 Å². The van der Waals surface area contributed by atoms with Crippen LogP contribution in [0, 0.1) is 0 Å². The molecule has 0 spiro atoms. The lowest BCUT2D eigenvalue weighted by atomic mass is 10.1. The highest BCUT2D eigenvalue weighted by atomic mass is 31.2. The van der Waals surface area contributed by atoms with Crippen molar-refractivity contribution in [1.29, 1.82) is 0 Å². The first-order valence-electron chi connectivity index (χ1n) is 5.72. The maximum atomic E-state index is 12.2. The van der Waals surface area contributed by atoms with E-state index in [1.807, 2.05) is 18.2 Å². The molecule has 0 aliphatic heterocycles. The van der Waals surface area contributed by atoms with E-state index in [2.05, 4.69) is 0 Å². The van der Waals surface area contributed by atoms with Gasteiger partial charge in [-0.3, -0.25) is 4.57 Å². The standard InChI is InChI=1S/C12H19O4P/c1-3-15-17(14,16-4-2)10-12(13)11-8-6-5-7-9-11/h5-9,12-13H,3-4,10H2,1-2H3/t12-/m0/s1. The van der Waals surface area contributed by atoms with Gasteiger partial charge in [0.15, 0.2) is 0 Å². The summed E-state index contributed by atoms with van der Waals surface area (Å²) in [7, 11) is -3.19. The summed E-state index contributed by atoms with van der Waals surface area (Å²) >= 11 is 0. The molecule has 0 bridgehead atoms. The summed E-state index contributed by atoms with van der Waals surface area (Å²) in [5, 5.41) is 9.98. The number of rotatable bonds is 7. The Hall–Kier alpha value is -0.670. The molecule has 1 atom stereocenters. The lowest BCUT2D eigenvalue weighted by molar-refractivity contribution is 0.170. The summed E-state index contributed by atoms with van der Waals surface area (Å²) in [4.78, 5) is 0. The molecule has 0 aliphatic carbocycles. The molecule has 0 aromatic heterocycles. The zero-order valence-electron chi connectivity index (χ0n) is 10.2. The Morgan fingerprint density at radius 2 is 1.71 bits per heavy atom. The summed E-state index contributed by atoms with van der Waals surface area (Å²) in [5.74, 6) is 0. The van der Waals surface area contributed by atoms with E-state index >= 15 is 0 Å². The maximum absolute atomic E-state index is 12.2. The Morgan fingerprint density at radius 1 is 1.18 bits per heavy atom. The first-order valence-corrected chi connectivity index (χ1v) is 7.45. The highest BCUT2D eigenvalue weighted by Crippen LogP contribution is 2.50. The topological polar surface area (TPSA) is 55.8 Å². The number of aliphatic hydroxyl groups is 1. The molecule has 0 amide bonds. The van der Waals surface area contributed by atoms with Crippen LogP contribution in [0.2, 0.25) is 0 Å². The molecule has 96 valence electrons. The van der Waals surface area contributed by atoms with Crippen LogP contribution in [0.25, 0.3) is 0 Å². The molecule has 0 unspecified atom stereocenters. The summed E-state index contributed by atoms with van der Waals surface area (Å²) in [6.45, 7) is 4.11. The van der Waals surface area contributed by atoms with E-state index in [-0.39, 0.29) is 6.16 Å². The van der Waals surface area contributed by atoms with E-state index in [9.17, 15) is 9.67 Å². The SMILES string of the molecule is CCOP(=O)(C[C@H](O)c1ccccc1)OCC. The molecule has 1 aromatic rings. The van der Waals surface area contributed by atoms with Gasteiger partial charge in [0.2, 0.25) is 0 Å². The van der Waals surface area contributed by atoms with Crippen molar-refractivity contribution in [1.82, 2.24) is 0 Å². The molecular formula is C12H19O4P. The quantitative estimate of drug-likeness (QED) is 0.764. The van der Waals surface area contributed by atoms with E-state index in [0.717, 1.165) is 0 Å². The fourth-order valence-electron chi connectivity index (χ4n) is 1.53. The first kappa shape index (κ1) is 14.4. The first-order chi connectivity index (χ1) is 8.11. The molecule has 4 nitrogen and oxygen atoms in total. The number of hydrogen-bond acceptors (Lipinski definition) is 4. The average molecular weight is 258 g/mol. The van der Waals surface area contributed by atoms with Crippen molar-refractivity contribution in [2.75, 3.05) is 19.4 Å². The van der Waals surface area contributed by atoms with Gasteiger partial charge in [-0.1, -0.05) is 30.3 Å². The van der Waals surface area contributed by atoms with E-state index in [4.69, 9.17) is 9.05 Å². The molecule has 1 N–H and O–H groups in total. The van der Waals surface area contributed by atoms with Gasteiger partial charge >= 0.3 is 7.60 Å². The van der Waals surface area contributed by atoms with E-state index in [0.29, 0.717) is 18.8 Å². The Kier molecular flexibility index (Phi) is 5.86. The van der Waals surface area contributed by atoms with Crippen molar-refractivity contribution in [3.05, 3.63) is 35.9 Å². The van der Waals surface area contributed by atoms with E-state index < -0.39 is 13.7 Å². The third-order valence-corrected chi connectivity index (χ3v) is 4.33. The predicted octanol–water partition coefficient (Wildman–Crippen LogP) is 2.99. The van der Waals surface area contributed by atoms with Gasteiger partial charge in [0, 0.05) is 0 Å². The molecule has 0 saturated heterocycles. The van der Waals surface area contributed by atoms with Crippen molar-refractivity contribution in [3.63, 3.8) is 0 Å². The average Bonchev–Trinajstić information content (AvgIpc) is 2.30. The van der Waals surface area contributed by atoms with Crippen molar-refractivity contribution in [2.45, 2.75) is 20.0 Å². The van der Waals surface area contributed by atoms with Crippen molar-refractivity contribution in [2.24, 2.45) is 0 Å². The highest BCUT2D eigenvalue weighted by Gasteiger charge is 2.28. The number of benzene rings is 1. The molecule has 0 radical (unpaired) electrons. The molecule has 0 aliphatic rings. The zero-order chi connectivity index (χ0) is 12.7. The molecule has 0 heterocycles. The molecule has 1 rings (SSSR count). The number of hydrogen-bond donors (Lipinski definition) is 1. The third kappa shape index (κ3) is 4.60. The van der Waals surface area contributed by atoms with Crippen LogP contribution in [-0.4, -0.2) is 24.5 Å². The zero-order valence-corrected chi connectivity index (χ0v) is 11.1. The minimum absolute atomic E-state index is 0.0152. The minimum Gasteiger partial charge on any atom is -0.388 e. The fourth-order valence-corrected chi connectivity index (χ4v) is 3.24. The van der Waals surface area contributed by atoms with Gasteiger partial charge in [-0.2, -0.15) is 0 Å². The normalized spacial score (nSPS) is 13.6. The van der Waals surface area contributed by atoms with Gasteiger partial charge in [0.25, 0.3) is 0 Å². The smallest absolute Gasteiger partial charge is 0.333 e. The summed E-state index contributed by atoms with van der Waals surface area (Å²) < 4.78 is 22.5. The molecule has 17 heavy (non-hydrogen) atoms. The number of aliphatic hydroxyl groups excluding tert-OH is 1. The van der Waals surface area contributed by atoms with Crippen molar-refractivity contribution < 1.29 is 18.7 Å². The summed E-state index contributed by atoms with van der Waals surface area (Å²) in [6, 6.07) is 9.08. The Morgan fingerprint density at radius 3 is 2.18 bits per heavy atom. The van der Waals surface area contributed by atoms with Gasteiger partial charge in [-0.05, 0) is 19.4 Å². The largest absolute Gasteiger partial charge is 0.388 e. The molecule has 0 saturated carbocycles. The van der Waals surface area contributed by atoms with Crippen LogP contribution in [0.1, 0.15) is 25.5 Å². The second-order valence-electron chi connectivity index (χ2n) is 3.56. The Labute approximate surface area is 102 Å². The van der Waals surface area contributed by atoms with Crippen LogP contribution in [0.5, 0.6) is 0 Å². The second kappa shape index (κ2) is 6.92. The Balaban J connectivity index is 2.71. The second-order valence-corrected chi connectivity index (χ2v) is 5.66. The Bertz CT molecular complexity index is 356. The maximum Gasteiger partial charge on any atom is 0.333 e. The van der Waals surface area contributed by atoms with Gasteiger partial charge in [-0.25, -0.2) is 0 Å². The van der Waals surface area contributed by atoms with Crippen LogP contribution < -0.4 is 0 Å². The minimum atomic E-state index is -3.19. The van der Waals surface area contributed by atoms with Gasteiger partial charge in [0.05, 0.1) is 25.5 Å². The third-order valence-electron chi connectivity index (χ3n) is 2.23. The molecule has 0 fully saturated rings. The lowest BCUT2D eigenvalue weighted by Gasteiger charge is -2.20. The monoisotopic (exact) mass is 258 g/mol. The lowest BCUT2D eigenvalue weighted by Crippen LogP contribution is -2.08. The van der Waals surface area contributed by atoms with Gasteiger partial charge in [-0.15, -0.1) is 0 Å². The van der Waals surface area contributed by atoms with E-state index in [1.54, 1.807) is 26.0 Å². The van der Waals surface area contributed by atoms with Crippen molar-refractivity contribution >= 4 is 7.60 Å². The molecule has 5 heteroatoms. The van der Waals surface area contributed by atoms with Crippen molar-refractivity contribution in [3.8, 4) is 0 Å². The predicted molar refractivity (Wildman–Crippen MR) is 67.1 cm³/mol. The van der Waals surface area contributed by atoms with E-state index in [1.165, 1.54) is 0 Å². The molecule has 1 aromatic carbocycles. The highest BCUT2D eigenvalue weighted by molar-refractivity contribution is 7.53. The van der Waals surface area contributed by atoms with Crippen LogP contribution in [-0.2, 0) is 13.6 Å². The van der Waals surface area contributed by atoms with Gasteiger partial charge in [0.1, 0.15) is 0 Å². The molecular weight excluding hydrogens is 239 g/mol. The van der Waals surface area contributed by atoms with Crippen LogP contribution >= 0.6 is 7.60 Å². The summed E-state index contributed by atoms with van der Waals surface area (Å²) in [6.07, 6.45) is -0.848. The summed E-state index contributed by atoms with van der Waals surface area (Å²) in [5.41, 5.74) is 0.715.